The van der Waals surface area contributed by atoms with Crippen LogP contribution in [-0.2, 0) is 0 Å². The van der Waals surface area contributed by atoms with Gasteiger partial charge < -0.3 is 4.74 Å². The maximum atomic E-state index is 11.8. The van der Waals surface area contributed by atoms with Crippen LogP contribution in [-0.4, -0.2) is 5.91 Å². The first-order valence-corrected chi connectivity index (χ1v) is 5.80. The second-order valence-electron chi connectivity index (χ2n) is 4.39. The summed E-state index contributed by atoms with van der Waals surface area (Å²) in [5.41, 5.74) is 8.37. The number of para-hydroxylation sites is 1. The Bertz CT molecular complexity index is 667. The zero-order valence-electron chi connectivity index (χ0n) is 9.44. The summed E-state index contributed by atoms with van der Waals surface area (Å²) in [6.45, 7) is 0. The molecule has 0 saturated heterocycles. The Morgan fingerprint density at radius 1 is 1.00 bits per heavy atom. The summed E-state index contributed by atoms with van der Waals surface area (Å²) in [5.74, 6) is 1.46. The Labute approximate surface area is 104 Å². The van der Waals surface area contributed by atoms with E-state index in [1.54, 1.807) is 0 Å². The third-order valence-electron chi connectivity index (χ3n) is 3.38. The number of carbonyl (C=O) groups is 1. The van der Waals surface area contributed by atoms with Crippen LogP contribution in [0.2, 0.25) is 0 Å². The molecule has 2 aliphatic rings. The summed E-state index contributed by atoms with van der Waals surface area (Å²) in [6, 6.07) is 13.3. The van der Waals surface area contributed by atoms with Crippen molar-refractivity contribution in [3.05, 3.63) is 59.2 Å². The summed E-state index contributed by atoms with van der Waals surface area (Å²) in [4.78, 5) is 11.8. The number of rotatable bonds is 0. The van der Waals surface area contributed by atoms with Crippen LogP contribution in [0.4, 0.5) is 0 Å². The van der Waals surface area contributed by atoms with Gasteiger partial charge in [0.2, 0.25) is 0 Å². The molecule has 18 heavy (non-hydrogen) atoms. The van der Waals surface area contributed by atoms with Crippen LogP contribution in [0.25, 0.3) is 0 Å². The minimum atomic E-state index is -0.119. The first-order valence-electron chi connectivity index (χ1n) is 5.80. The van der Waals surface area contributed by atoms with Crippen molar-refractivity contribution in [3.63, 3.8) is 0 Å². The Morgan fingerprint density at radius 2 is 1.83 bits per heavy atom. The lowest BCUT2D eigenvalue weighted by atomic mass is 9.90. The molecular formula is C14H10N2O2. The molecule has 0 fully saturated rings. The SMILES string of the molecule is O=C1NNC2c3ccccc3Oc3cccc1c32. The van der Waals surface area contributed by atoms with Crippen LogP contribution < -0.4 is 15.6 Å². The zero-order valence-corrected chi connectivity index (χ0v) is 9.44. The van der Waals surface area contributed by atoms with Crippen LogP contribution in [0.5, 0.6) is 11.5 Å². The number of carbonyl (C=O) groups excluding carboxylic acids is 1. The highest BCUT2D eigenvalue weighted by Crippen LogP contribution is 2.44. The van der Waals surface area contributed by atoms with Crippen molar-refractivity contribution in [1.82, 2.24) is 10.9 Å². The molecule has 2 aromatic carbocycles. The van der Waals surface area contributed by atoms with E-state index in [0.717, 1.165) is 22.6 Å². The maximum absolute atomic E-state index is 11.8. The normalized spacial score (nSPS) is 19.3. The second kappa shape index (κ2) is 3.34. The van der Waals surface area contributed by atoms with Gasteiger partial charge in [-0.15, -0.1) is 0 Å². The number of nitrogens with one attached hydrogen (secondary N) is 2. The number of amides is 1. The van der Waals surface area contributed by atoms with Crippen LogP contribution in [0.3, 0.4) is 0 Å². The number of benzene rings is 2. The number of hydrazine groups is 1. The van der Waals surface area contributed by atoms with Crippen LogP contribution in [0, 0.1) is 0 Å². The van der Waals surface area contributed by atoms with Gasteiger partial charge in [0.05, 0.1) is 6.04 Å². The van der Waals surface area contributed by atoms with Gasteiger partial charge in [-0.25, -0.2) is 5.43 Å². The summed E-state index contributed by atoms with van der Waals surface area (Å²) < 4.78 is 5.85. The zero-order chi connectivity index (χ0) is 12.1. The topological polar surface area (TPSA) is 50.4 Å². The summed E-state index contributed by atoms with van der Waals surface area (Å²) >= 11 is 0. The number of hydrogen-bond donors (Lipinski definition) is 2. The van der Waals surface area contributed by atoms with Gasteiger partial charge in [0.15, 0.2) is 0 Å². The molecule has 0 bridgehead atoms. The van der Waals surface area contributed by atoms with Crippen molar-refractivity contribution in [1.29, 1.82) is 0 Å². The molecule has 0 radical (unpaired) electrons. The summed E-state index contributed by atoms with van der Waals surface area (Å²) in [6.07, 6.45) is 0. The lowest BCUT2D eigenvalue weighted by Gasteiger charge is -2.33. The minimum Gasteiger partial charge on any atom is -0.457 e. The van der Waals surface area contributed by atoms with E-state index in [2.05, 4.69) is 10.9 Å². The van der Waals surface area contributed by atoms with Crippen LogP contribution in [0.15, 0.2) is 42.5 Å². The molecule has 1 amide bonds. The second-order valence-corrected chi connectivity index (χ2v) is 4.39. The van der Waals surface area contributed by atoms with Crippen molar-refractivity contribution in [3.8, 4) is 11.5 Å². The fourth-order valence-corrected chi connectivity index (χ4v) is 2.57. The molecule has 1 unspecified atom stereocenters. The molecule has 2 heterocycles. The Kier molecular flexibility index (Phi) is 1.79. The van der Waals surface area contributed by atoms with Gasteiger partial charge in [0.1, 0.15) is 11.5 Å². The third kappa shape index (κ3) is 1.15. The predicted octanol–water partition coefficient (Wildman–Crippen LogP) is 2.13. The van der Waals surface area contributed by atoms with E-state index in [0.29, 0.717) is 5.56 Å². The molecule has 4 rings (SSSR count). The molecule has 4 nitrogen and oxygen atoms in total. The van der Waals surface area contributed by atoms with E-state index in [1.165, 1.54) is 0 Å². The fourth-order valence-electron chi connectivity index (χ4n) is 2.57. The largest absolute Gasteiger partial charge is 0.457 e. The molecule has 4 heteroatoms. The van der Waals surface area contributed by atoms with E-state index < -0.39 is 0 Å². The van der Waals surface area contributed by atoms with Gasteiger partial charge in [0, 0.05) is 16.7 Å². The number of hydrogen-bond acceptors (Lipinski definition) is 3. The molecule has 0 saturated carbocycles. The maximum Gasteiger partial charge on any atom is 0.265 e. The Balaban J connectivity index is 2.01. The molecule has 2 N–H and O–H groups in total. The summed E-state index contributed by atoms with van der Waals surface area (Å²) in [7, 11) is 0. The van der Waals surface area contributed by atoms with Gasteiger partial charge in [-0.3, -0.25) is 10.2 Å². The molecule has 0 spiro atoms. The first-order chi connectivity index (χ1) is 8.84. The van der Waals surface area contributed by atoms with Crippen molar-refractivity contribution < 1.29 is 9.53 Å². The van der Waals surface area contributed by atoms with Crippen molar-refractivity contribution >= 4 is 5.91 Å². The third-order valence-corrected chi connectivity index (χ3v) is 3.38. The van der Waals surface area contributed by atoms with E-state index in [-0.39, 0.29) is 11.9 Å². The lowest BCUT2D eigenvalue weighted by molar-refractivity contribution is 0.0910. The molecule has 0 aromatic heterocycles. The van der Waals surface area contributed by atoms with Gasteiger partial charge in [-0.2, -0.15) is 0 Å². The highest BCUT2D eigenvalue weighted by molar-refractivity contribution is 5.97. The minimum absolute atomic E-state index is 0.0427. The lowest BCUT2D eigenvalue weighted by Crippen LogP contribution is -2.46. The van der Waals surface area contributed by atoms with Gasteiger partial charge >= 0.3 is 0 Å². The van der Waals surface area contributed by atoms with Crippen molar-refractivity contribution in [2.24, 2.45) is 0 Å². The van der Waals surface area contributed by atoms with Gasteiger partial charge in [-0.1, -0.05) is 24.3 Å². The standard InChI is InChI=1S/C14H10N2O2/c17-14-9-5-3-7-11-12(9)13(15-16-14)8-4-1-2-6-10(8)18-11/h1-7,13,15H,(H,16,17). The van der Waals surface area contributed by atoms with E-state index in [9.17, 15) is 4.79 Å². The van der Waals surface area contributed by atoms with Crippen LogP contribution >= 0.6 is 0 Å². The molecule has 88 valence electrons. The summed E-state index contributed by atoms with van der Waals surface area (Å²) in [5, 5.41) is 0. The van der Waals surface area contributed by atoms with Crippen molar-refractivity contribution in [2.45, 2.75) is 6.04 Å². The fraction of sp³-hybridized carbons (Fsp3) is 0.0714. The monoisotopic (exact) mass is 238 g/mol. The van der Waals surface area contributed by atoms with E-state index in [4.69, 9.17) is 4.74 Å². The first kappa shape index (κ1) is 9.67. The van der Waals surface area contributed by atoms with Crippen LogP contribution in [0.1, 0.15) is 27.5 Å². The average molecular weight is 238 g/mol. The Hall–Kier alpha value is -2.33. The van der Waals surface area contributed by atoms with E-state index >= 15 is 0 Å². The quantitative estimate of drug-likeness (QED) is 0.739. The molecule has 2 aromatic rings. The molecule has 1 atom stereocenters. The van der Waals surface area contributed by atoms with E-state index in [1.807, 2.05) is 42.5 Å². The molecular weight excluding hydrogens is 228 g/mol. The molecule has 2 aliphatic heterocycles. The number of ether oxygens (including phenoxy) is 1. The Morgan fingerprint density at radius 3 is 2.78 bits per heavy atom. The highest BCUT2D eigenvalue weighted by Gasteiger charge is 2.34. The van der Waals surface area contributed by atoms with Gasteiger partial charge in [0.25, 0.3) is 5.91 Å². The average Bonchev–Trinajstić information content (AvgIpc) is 2.42. The number of fused-ring (bicyclic) bond motifs is 2. The predicted molar refractivity (Wildman–Crippen MR) is 65.4 cm³/mol. The van der Waals surface area contributed by atoms with Gasteiger partial charge in [-0.05, 0) is 18.2 Å². The molecule has 0 aliphatic carbocycles. The highest BCUT2D eigenvalue weighted by atomic mass is 16.5. The van der Waals surface area contributed by atoms with Crippen molar-refractivity contribution in [2.75, 3.05) is 0 Å². The smallest absolute Gasteiger partial charge is 0.265 e.